The molecule has 0 unspecified atom stereocenters. The number of aromatic nitrogens is 1. The number of nitrogens with zero attached hydrogens (tertiary/aromatic N) is 2. The third kappa shape index (κ3) is 8.21. The molecule has 0 radical (unpaired) electrons. The van der Waals surface area contributed by atoms with Crippen LogP contribution in [-0.4, -0.2) is 21.2 Å². The smallest absolute Gasteiger partial charge is 0.224 e. The number of pyridine rings is 1. The van der Waals surface area contributed by atoms with E-state index in [0.717, 1.165) is 0 Å². The Morgan fingerprint density at radius 3 is 1.75 bits per heavy atom. The van der Waals surface area contributed by atoms with E-state index in [1.54, 1.807) is 11.8 Å². The summed E-state index contributed by atoms with van der Waals surface area (Å²) in [6.07, 6.45) is 3.74. The molecule has 0 bridgehead atoms. The van der Waals surface area contributed by atoms with Crippen molar-refractivity contribution < 1.29 is 38.4 Å². The van der Waals surface area contributed by atoms with Gasteiger partial charge in [-0.25, -0.2) is 18.6 Å². The minimum absolute atomic E-state index is 1.17. The molecule has 0 aliphatic rings. The van der Waals surface area contributed by atoms with Crippen LogP contribution in [0, 0.1) is 10.2 Å². The van der Waals surface area contributed by atoms with Crippen LogP contribution < -0.4 is 33.1 Å². The molecule has 0 amide bonds. The Labute approximate surface area is 95.4 Å². The molecule has 8 heteroatoms. The summed E-state index contributed by atoms with van der Waals surface area (Å²) >= 11 is 0. The molecule has 92 valence electrons. The van der Waals surface area contributed by atoms with Gasteiger partial charge in [-0.05, 0) is 0 Å². The molecule has 1 heterocycles. The summed E-state index contributed by atoms with van der Waals surface area (Å²) in [6.45, 7) is 0. The number of hydrogen-bond donors (Lipinski definition) is 0. The van der Waals surface area contributed by atoms with Crippen LogP contribution >= 0.6 is 0 Å². The lowest BCUT2D eigenvalue weighted by Crippen LogP contribution is -2.68. The highest BCUT2D eigenvalue weighted by atomic mass is 35.7. The molecule has 7 nitrogen and oxygen atoms in total. The summed E-state index contributed by atoms with van der Waals surface area (Å²) in [5.41, 5.74) is 1.17. The van der Waals surface area contributed by atoms with Crippen molar-refractivity contribution in [2.45, 2.75) is 0 Å². The van der Waals surface area contributed by atoms with Crippen molar-refractivity contribution in [1.82, 2.24) is 0 Å². The highest BCUT2D eigenvalue weighted by Gasteiger charge is 1.99. The molecular formula is C8H13ClN2O5. The van der Waals surface area contributed by atoms with E-state index in [9.17, 15) is 0 Å². The van der Waals surface area contributed by atoms with Gasteiger partial charge in [0.25, 0.3) is 0 Å². The Kier molecular flexibility index (Phi) is 6.01. The Hall–Kier alpha value is -1.12. The number of rotatable bonds is 2. The van der Waals surface area contributed by atoms with E-state index in [1.807, 2.05) is 43.5 Å². The maximum atomic E-state index is 8.49. The average molecular weight is 253 g/mol. The molecule has 1 aromatic heterocycles. The molecule has 16 heavy (non-hydrogen) atoms. The molecule has 0 saturated heterocycles. The molecule has 0 saturated carbocycles. The van der Waals surface area contributed by atoms with E-state index in [2.05, 4.69) is 0 Å². The zero-order valence-corrected chi connectivity index (χ0v) is 9.88. The third-order valence-corrected chi connectivity index (χ3v) is 1.51. The standard InChI is InChI=1S/C8H13N2O.ClHO4/c1-9(2)8-4-6-10(11-3)7-5-8;2-1(3,4)5/h4-7H,1-3H3;(H,2,3,4,5)/q+1;/p-1. The maximum Gasteiger partial charge on any atom is 0.224 e. The number of hydrogen-bond acceptors (Lipinski definition) is 6. The van der Waals surface area contributed by atoms with Gasteiger partial charge in [0.1, 0.15) is 7.11 Å². The van der Waals surface area contributed by atoms with Gasteiger partial charge in [0.15, 0.2) is 0 Å². The van der Waals surface area contributed by atoms with Crippen LogP contribution in [0.1, 0.15) is 0 Å². The van der Waals surface area contributed by atoms with Crippen LogP contribution in [0.4, 0.5) is 5.69 Å². The monoisotopic (exact) mass is 252 g/mol. The molecule has 1 rings (SSSR count). The topological polar surface area (TPSA) is 109 Å². The third-order valence-electron chi connectivity index (χ3n) is 1.51. The second kappa shape index (κ2) is 6.46. The molecule has 0 aromatic carbocycles. The zero-order valence-electron chi connectivity index (χ0n) is 9.12. The van der Waals surface area contributed by atoms with Gasteiger partial charge >= 0.3 is 0 Å². The van der Waals surface area contributed by atoms with Crippen molar-refractivity contribution in [1.29, 1.82) is 0 Å². The Morgan fingerprint density at radius 1 is 1.12 bits per heavy atom. The highest BCUT2D eigenvalue weighted by molar-refractivity contribution is 5.41. The van der Waals surface area contributed by atoms with Crippen LogP contribution in [0.5, 0.6) is 0 Å². The van der Waals surface area contributed by atoms with Crippen LogP contribution in [-0.2, 0) is 0 Å². The van der Waals surface area contributed by atoms with Crippen LogP contribution in [0.3, 0.4) is 0 Å². The highest BCUT2D eigenvalue weighted by Crippen LogP contribution is 2.05. The lowest BCUT2D eigenvalue weighted by molar-refractivity contribution is -2.00. The fourth-order valence-corrected chi connectivity index (χ4v) is 0.825. The molecular weight excluding hydrogens is 240 g/mol. The first-order valence-electron chi connectivity index (χ1n) is 4.09. The summed E-state index contributed by atoms with van der Waals surface area (Å²) in [7, 11) is 0.703. The fraction of sp³-hybridized carbons (Fsp3) is 0.375. The molecule has 0 fully saturated rings. The largest absolute Gasteiger partial charge is 0.377 e. The molecule has 0 N–H and O–H groups in total. The van der Waals surface area contributed by atoms with Crippen molar-refractivity contribution >= 4 is 5.69 Å². The quantitative estimate of drug-likeness (QED) is 0.490. The van der Waals surface area contributed by atoms with E-state index in [-0.39, 0.29) is 0 Å². The van der Waals surface area contributed by atoms with Crippen molar-refractivity contribution in [3.63, 3.8) is 0 Å². The van der Waals surface area contributed by atoms with Crippen molar-refractivity contribution in [3.8, 4) is 0 Å². The van der Waals surface area contributed by atoms with Gasteiger partial charge in [0, 0.05) is 36.6 Å². The van der Waals surface area contributed by atoms with Gasteiger partial charge in [0.2, 0.25) is 12.4 Å². The van der Waals surface area contributed by atoms with Gasteiger partial charge in [-0.15, -0.1) is 10.2 Å². The summed E-state index contributed by atoms with van der Waals surface area (Å²) in [5.74, 6) is 0. The van der Waals surface area contributed by atoms with E-state index in [1.165, 1.54) is 5.69 Å². The predicted molar refractivity (Wildman–Crippen MR) is 43.5 cm³/mol. The molecule has 0 aliphatic carbocycles. The lowest BCUT2D eigenvalue weighted by Gasteiger charge is -2.17. The predicted octanol–water partition coefficient (Wildman–Crippen LogP) is -4.66. The summed E-state index contributed by atoms with van der Waals surface area (Å²) < 4.78 is 35.6. The van der Waals surface area contributed by atoms with Crippen LogP contribution in [0.15, 0.2) is 24.5 Å². The first kappa shape index (κ1) is 14.9. The van der Waals surface area contributed by atoms with E-state index in [4.69, 9.17) is 23.5 Å². The molecule has 0 aliphatic heterocycles. The summed E-state index contributed by atoms with van der Waals surface area (Å²) in [5, 5.41) is 0. The Bertz CT molecular complexity index is 292. The van der Waals surface area contributed by atoms with Gasteiger partial charge < -0.3 is 4.90 Å². The minimum Gasteiger partial charge on any atom is -0.377 e. The van der Waals surface area contributed by atoms with Crippen molar-refractivity contribution in [2.24, 2.45) is 0 Å². The SMILES string of the molecule is CO[n+]1ccc(N(C)C)cc1.[O-][Cl+3]([O-])([O-])[O-]. The second-order valence-corrected chi connectivity index (χ2v) is 3.63. The Morgan fingerprint density at radius 2 is 1.50 bits per heavy atom. The van der Waals surface area contributed by atoms with Crippen LogP contribution in [0.2, 0.25) is 0 Å². The normalized spacial score (nSPS) is 10.2. The number of halogens is 1. The summed E-state index contributed by atoms with van der Waals surface area (Å²) in [4.78, 5) is 6.99. The number of anilines is 1. The molecule has 1 aromatic rings. The summed E-state index contributed by atoms with van der Waals surface area (Å²) in [6, 6.07) is 3.98. The minimum atomic E-state index is -4.94. The van der Waals surface area contributed by atoms with Crippen LogP contribution in [0.25, 0.3) is 0 Å². The van der Waals surface area contributed by atoms with E-state index >= 15 is 0 Å². The molecule has 0 atom stereocenters. The molecule has 0 spiro atoms. The van der Waals surface area contributed by atoms with E-state index in [0.29, 0.717) is 0 Å². The maximum absolute atomic E-state index is 8.49. The van der Waals surface area contributed by atoms with Gasteiger partial charge in [-0.3, -0.25) is 4.84 Å². The lowest BCUT2D eigenvalue weighted by atomic mass is 10.4. The van der Waals surface area contributed by atoms with Crippen molar-refractivity contribution in [3.05, 3.63) is 24.5 Å². The van der Waals surface area contributed by atoms with Gasteiger partial charge in [-0.1, -0.05) is 0 Å². The Balaban J connectivity index is 0.000000385. The van der Waals surface area contributed by atoms with Gasteiger partial charge in [0.05, 0.1) is 0 Å². The first-order chi connectivity index (χ1) is 7.24. The fourth-order valence-electron chi connectivity index (χ4n) is 0.825. The second-order valence-electron chi connectivity index (χ2n) is 2.87. The van der Waals surface area contributed by atoms with Crippen molar-refractivity contribution in [2.75, 3.05) is 26.1 Å². The zero-order chi connectivity index (χ0) is 12.8. The average Bonchev–Trinajstić information content (AvgIpc) is 2.15. The van der Waals surface area contributed by atoms with Gasteiger partial charge in [-0.2, -0.15) is 0 Å². The first-order valence-corrected chi connectivity index (χ1v) is 5.32. The van der Waals surface area contributed by atoms with E-state index < -0.39 is 10.2 Å².